The van der Waals surface area contributed by atoms with E-state index in [-0.39, 0.29) is 16.9 Å². The second kappa shape index (κ2) is 16.1. The van der Waals surface area contributed by atoms with E-state index < -0.39 is 69.2 Å². The van der Waals surface area contributed by atoms with Gasteiger partial charge in [0, 0.05) is 25.1 Å². The van der Waals surface area contributed by atoms with Crippen LogP contribution in [0.1, 0.15) is 36.5 Å². The molecule has 0 aromatic heterocycles. The summed E-state index contributed by atoms with van der Waals surface area (Å²) in [6.07, 6.45) is -3.53. The first kappa shape index (κ1) is 36.4. The Morgan fingerprint density at radius 2 is 1.52 bits per heavy atom. The van der Waals surface area contributed by atoms with Crippen LogP contribution in [0.2, 0.25) is 5.02 Å². The third-order valence-electron chi connectivity index (χ3n) is 7.55. The van der Waals surface area contributed by atoms with Gasteiger partial charge in [-0.05, 0) is 48.4 Å². The predicted molar refractivity (Wildman–Crippen MR) is 176 cm³/mol. The van der Waals surface area contributed by atoms with Crippen molar-refractivity contribution in [2.45, 2.75) is 49.8 Å². The fourth-order valence-electron chi connectivity index (χ4n) is 5.00. The molecule has 4 rings (SSSR count). The molecule has 0 aliphatic carbocycles. The van der Waals surface area contributed by atoms with Crippen LogP contribution in [0.25, 0.3) is 0 Å². The highest BCUT2D eigenvalue weighted by molar-refractivity contribution is 7.92. The van der Waals surface area contributed by atoms with Crippen molar-refractivity contribution in [1.82, 2.24) is 10.2 Å². The number of carbonyl (C=O) groups excluding carboxylic acids is 2. The second-order valence-electron chi connectivity index (χ2n) is 10.9. The maximum absolute atomic E-state index is 15.0. The van der Waals surface area contributed by atoms with Crippen molar-refractivity contribution in [2.24, 2.45) is 0 Å². The number of amides is 2. The van der Waals surface area contributed by atoms with Crippen LogP contribution in [0.4, 0.5) is 23.2 Å². The number of benzene rings is 4. The molecule has 13 heteroatoms. The summed E-state index contributed by atoms with van der Waals surface area (Å²) in [5, 5.41) is 2.15. The van der Waals surface area contributed by atoms with Crippen LogP contribution in [0.3, 0.4) is 0 Å². The standard InChI is InChI=1S/C35H34ClF4N3O4S/c1-2-3-20-41-34(45)32(21-25-12-6-4-7-13-25)42(23-26-14-10-11-17-31(26)37)33(44)24-43(48(46,47)28-15-8-5-9-16-28)27-18-19-30(36)29(22-27)35(38,39)40/h4-19,22,32H,2-3,20-21,23-24H2,1H3,(H,41,45)/t32-/m1/s1. The number of alkyl halides is 3. The van der Waals surface area contributed by atoms with E-state index >= 15 is 4.39 Å². The number of anilines is 1. The molecule has 0 aliphatic rings. The van der Waals surface area contributed by atoms with Crippen LogP contribution in [0, 0.1) is 5.82 Å². The van der Waals surface area contributed by atoms with E-state index in [4.69, 9.17) is 11.6 Å². The highest BCUT2D eigenvalue weighted by atomic mass is 35.5. The number of carbonyl (C=O) groups is 2. The lowest BCUT2D eigenvalue weighted by Gasteiger charge is -2.34. The molecule has 2 amide bonds. The third kappa shape index (κ3) is 9.13. The summed E-state index contributed by atoms with van der Waals surface area (Å²) in [6.45, 7) is 0.780. The molecule has 0 heterocycles. The monoisotopic (exact) mass is 703 g/mol. The molecule has 0 aliphatic heterocycles. The van der Waals surface area contributed by atoms with Gasteiger partial charge in [0.15, 0.2) is 0 Å². The fraction of sp³-hybridized carbons (Fsp3) is 0.257. The molecule has 254 valence electrons. The number of nitrogens with one attached hydrogen (secondary N) is 1. The molecule has 1 N–H and O–H groups in total. The zero-order chi connectivity index (χ0) is 34.9. The number of sulfonamides is 1. The molecule has 0 fully saturated rings. The molecule has 7 nitrogen and oxygen atoms in total. The summed E-state index contributed by atoms with van der Waals surface area (Å²) >= 11 is 5.84. The zero-order valence-electron chi connectivity index (χ0n) is 26.0. The van der Waals surface area contributed by atoms with Gasteiger partial charge in [-0.15, -0.1) is 0 Å². The van der Waals surface area contributed by atoms with Crippen molar-refractivity contribution in [1.29, 1.82) is 0 Å². The average molecular weight is 704 g/mol. The minimum absolute atomic E-state index is 0.0103. The molecular weight excluding hydrogens is 670 g/mol. The summed E-state index contributed by atoms with van der Waals surface area (Å²) in [6, 6.07) is 22.5. The lowest BCUT2D eigenvalue weighted by molar-refractivity contribution is -0.140. The largest absolute Gasteiger partial charge is 0.417 e. The van der Waals surface area contributed by atoms with Crippen LogP contribution >= 0.6 is 11.6 Å². The quantitative estimate of drug-likeness (QED) is 0.111. The first-order valence-electron chi connectivity index (χ1n) is 15.1. The topological polar surface area (TPSA) is 86.8 Å². The Morgan fingerprint density at radius 1 is 0.896 bits per heavy atom. The summed E-state index contributed by atoms with van der Waals surface area (Å²) < 4.78 is 85.3. The third-order valence-corrected chi connectivity index (χ3v) is 9.67. The molecule has 48 heavy (non-hydrogen) atoms. The minimum atomic E-state index is -4.94. The van der Waals surface area contributed by atoms with Crippen molar-refractivity contribution in [2.75, 3.05) is 17.4 Å². The minimum Gasteiger partial charge on any atom is -0.354 e. The van der Waals surface area contributed by atoms with Crippen molar-refractivity contribution < 1.29 is 35.6 Å². The van der Waals surface area contributed by atoms with Gasteiger partial charge in [0.05, 0.1) is 21.2 Å². The Hall–Kier alpha value is -4.42. The van der Waals surface area contributed by atoms with Crippen LogP contribution < -0.4 is 9.62 Å². The van der Waals surface area contributed by atoms with Crippen LogP contribution in [-0.4, -0.2) is 44.3 Å². The van der Waals surface area contributed by atoms with Crippen LogP contribution in [-0.2, 0) is 38.8 Å². The van der Waals surface area contributed by atoms with E-state index in [1.165, 1.54) is 42.5 Å². The van der Waals surface area contributed by atoms with E-state index in [2.05, 4.69) is 5.32 Å². The van der Waals surface area contributed by atoms with E-state index in [0.29, 0.717) is 28.9 Å². The van der Waals surface area contributed by atoms with E-state index in [1.54, 1.807) is 42.5 Å². The normalized spacial score (nSPS) is 12.3. The van der Waals surface area contributed by atoms with Crippen molar-refractivity contribution in [3.05, 3.63) is 131 Å². The average Bonchev–Trinajstić information content (AvgIpc) is 3.06. The van der Waals surface area contributed by atoms with E-state index in [0.717, 1.165) is 23.5 Å². The van der Waals surface area contributed by atoms with Crippen molar-refractivity contribution in [3.63, 3.8) is 0 Å². The molecule has 0 spiro atoms. The molecule has 1 atom stereocenters. The molecule has 0 saturated heterocycles. The summed E-state index contributed by atoms with van der Waals surface area (Å²) in [5.41, 5.74) is -1.07. The summed E-state index contributed by atoms with van der Waals surface area (Å²) in [4.78, 5) is 28.9. The van der Waals surface area contributed by atoms with Gasteiger partial charge in [-0.1, -0.05) is 91.7 Å². The smallest absolute Gasteiger partial charge is 0.354 e. The number of halogens is 5. The highest BCUT2D eigenvalue weighted by Gasteiger charge is 2.37. The van der Waals surface area contributed by atoms with Gasteiger partial charge in [0.25, 0.3) is 10.0 Å². The van der Waals surface area contributed by atoms with Gasteiger partial charge in [0.2, 0.25) is 11.8 Å². The number of rotatable bonds is 14. The molecule has 0 radical (unpaired) electrons. The van der Waals surface area contributed by atoms with Crippen molar-refractivity contribution in [3.8, 4) is 0 Å². The van der Waals surface area contributed by atoms with Crippen LogP contribution in [0.5, 0.6) is 0 Å². The molecule has 0 unspecified atom stereocenters. The van der Waals surface area contributed by atoms with E-state index in [1.807, 2.05) is 6.92 Å². The Labute approximate surface area is 282 Å². The SMILES string of the molecule is CCCCNC(=O)[C@@H](Cc1ccccc1)N(Cc1ccccc1F)C(=O)CN(c1ccc(Cl)c(C(F)(F)F)c1)S(=O)(=O)c1ccccc1. The predicted octanol–water partition coefficient (Wildman–Crippen LogP) is 7.25. The van der Waals surface area contributed by atoms with Gasteiger partial charge >= 0.3 is 6.18 Å². The van der Waals surface area contributed by atoms with E-state index in [9.17, 15) is 31.2 Å². The first-order chi connectivity index (χ1) is 22.8. The number of hydrogen-bond donors (Lipinski definition) is 1. The highest BCUT2D eigenvalue weighted by Crippen LogP contribution is 2.38. The number of hydrogen-bond acceptors (Lipinski definition) is 4. The molecule has 4 aromatic rings. The molecule has 4 aromatic carbocycles. The van der Waals surface area contributed by atoms with Gasteiger partial charge < -0.3 is 10.2 Å². The Morgan fingerprint density at radius 3 is 2.15 bits per heavy atom. The number of unbranched alkanes of at least 4 members (excludes halogenated alkanes) is 1. The van der Waals surface area contributed by atoms with Crippen molar-refractivity contribution >= 4 is 39.1 Å². The summed E-state index contributed by atoms with van der Waals surface area (Å²) in [7, 11) is -4.66. The maximum Gasteiger partial charge on any atom is 0.417 e. The Bertz CT molecular complexity index is 1810. The van der Waals surface area contributed by atoms with Gasteiger partial charge in [-0.3, -0.25) is 13.9 Å². The number of nitrogens with zero attached hydrogens (tertiary/aromatic N) is 2. The molecule has 0 saturated carbocycles. The van der Waals surface area contributed by atoms with Crippen LogP contribution in [0.15, 0.2) is 108 Å². The second-order valence-corrected chi connectivity index (χ2v) is 13.2. The Balaban J connectivity index is 1.85. The van der Waals surface area contributed by atoms with Gasteiger partial charge in [0.1, 0.15) is 18.4 Å². The van der Waals surface area contributed by atoms with Gasteiger partial charge in [-0.25, -0.2) is 12.8 Å². The lowest BCUT2D eigenvalue weighted by Crippen LogP contribution is -2.53. The van der Waals surface area contributed by atoms with Gasteiger partial charge in [-0.2, -0.15) is 13.2 Å². The first-order valence-corrected chi connectivity index (χ1v) is 16.9. The Kier molecular flexibility index (Phi) is 12.2. The fourth-order valence-corrected chi connectivity index (χ4v) is 6.66. The summed E-state index contributed by atoms with van der Waals surface area (Å²) in [5.74, 6) is -2.17. The molecule has 0 bridgehead atoms. The lowest BCUT2D eigenvalue weighted by atomic mass is 10.0. The zero-order valence-corrected chi connectivity index (χ0v) is 27.5. The molecular formula is C35H34ClF4N3O4S. The maximum atomic E-state index is 15.0.